The third-order valence-corrected chi connectivity index (χ3v) is 2.49. The number of hydrogen-bond donors (Lipinski definition) is 2. The Morgan fingerprint density at radius 1 is 1.21 bits per heavy atom. The van der Waals surface area contributed by atoms with Crippen LogP contribution >= 0.6 is 0 Å². The molecule has 0 radical (unpaired) electrons. The van der Waals surface area contributed by atoms with Gasteiger partial charge in [0.05, 0.1) is 11.9 Å². The number of carbonyl (C=O) groups is 1. The van der Waals surface area contributed by atoms with E-state index >= 15 is 0 Å². The minimum absolute atomic E-state index is 0.295. The summed E-state index contributed by atoms with van der Waals surface area (Å²) in [4.78, 5) is 15.5. The standard InChI is InChI=1S/C15H15N3O/c1-12-4-6-13(7-5-12)8-10-17-15(19)18-14-3-2-9-16-11-14/h2-11H,1H3,(H2,17,18,19)/b10-8+. The lowest BCUT2D eigenvalue weighted by Crippen LogP contribution is -2.23. The van der Waals surface area contributed by atoms with Gasteiger partial charge in [-0.3, -0.25) is 4.98 Å². The molecule has 1 aromatic carbocycles. The van der Waals surface area contributed by atoms with E-state index in [1.807, 2.05) is 37.3 Å². The molecule has 2 amide bonds. The maximum atomic E-state index is 11.6. The van der Waals surface area contributed by atoms with Gasteiger partial charge in [-0.05, 0) is 30.7 Å². The molecule has 1 heterocycles. The number of nitrogens with one attached hydrogen (secondary N) is 2. The van der Waals surface area contributed by atoms with Crippen molar-refractivity contribution < 1.29 is 4.79 Å². The van der Waals surface area contributed by atoms with Gasteiger partial charge in [-0.15, -0.1) is 0 Å². The van der Waals surface area contributed by atoms with E-state index < -0.39 is 0 Å². The van der Waals surface area contributed by atoms with E-state index in [2.05, 4.69) is 15.6 Å². The first kappa shape index (κ1) is 12.8. The molecule has 0 fully saturated rings. The second-order valence-electron chi connectivity index (χ2n) is 4.08. The summed E-state index contributed by atoms with van der Waals surface area (Å²) < 4.78 is 0. The molecule has 19 heavy (non-hydrogen) atoms. The predicted molar refractivity (Wildman–Crippen MR) is 76.6 cm³/mol. The summed E-state index contributed by atoms with van der Waals surface area (Å²) in [5.41, 5.74) is 2.90. The van der Waals surface area contributed by atoms with Crippen LogP contribution in [0, 0.1) is 6.92 Å². The van der Waals surface area contributed by atoms with Crippen LogP contribution in [-0.4, -0.2) is 11.0 Å². The number of rotatable bonds is 3. The molecular weight excluding hydrogens is 238 g/mol. The van der Waals surface area contributed by atoms with Crippen molar-refractivity contribution >= 4 is 17.8 Å². The smallest absolute Gasteiger partial charge is 0.314 e. The van der Waals surface area contributed by atoms with E-state index in [9.17, 15) is 4.79 Å². The van der Waals surface area contributed by atoms with Crippen LogP contribution in [0.5, 0.6) is 0 Å². The van der Waals surface area contributed by atoms with Gasteiger partial charge in [-0.25, -0.2) is 4.79 Å². The highest BCUT2D eigenvalue weighted by molar-refractivity contribution is 5.90. The average molecular weight is 253 g/mol. The highest BCUT2D eigenvalue weighted by atomic mass is 16.2. The van der Waals surface area contributed by atoms with Crippen molar-refractivity contribution in [3.05, 3.63) is 66.1 Å². The van der Waals surface area contributed by atoms with Gasteiger partial charge in [0.25, 0.3) is 0 Å². The Labute approximate surface area is 112 Å². The van der Waals surface area contributed by atoms with Gasteiger partial charge in [-0.1, -0.05) is 29.8 Å². The lowest BCUT2D eigenvalue weighted by atomic mass is 10.1. The second-order valence-corrected chi connectivity index (χ2v) is 4.08. The second kappa shape index (κ2) is 6.35. The quantitative estimate of drug-likeness (QED) is 0.882. The van der Waals surface area contributed by atoms with Gasteiger partial charge < -0.3 is 10.6 Å². The maximum absolute atomic E-state index is 11.6. The molecule has 0 saturated carbocycles. The fourth-order valence-corrected chi connectivity index (χ4v) is 1.50. The molecule has 4 nitrogen and oxygen atoms in total. The van der Waals surface area contributed by atoms with Gasteiger partial charge in [0.15, 0.2) is 0 Å². The highest BCUT2D eigenvalue weighted by Crippen LogP contribution is 2.04. The Bertz CT molecular complexity index is 562. The molecule has 0 aliphatic rings. The van der Waals surface area contributed by atoms with Crippen LogP contribution in [0.3, 0.4) is 0 Å². The van der Waals surface area contributed by atoms with Crippen molar-refractivity contribution in [3.8, 4) is 0 Å². The summed E-state index contributed by atoms with van der Waals surface area (Å²) in [6.45, 7) is 2.03. The lowest BCUT2D eigenvalue weighted by molar-refractivity contribution is 0.255. The zero-order valence-electron chi connectivity index (χ0n) is 10.6. The van der Waals surface area contributed by atoms with E-state index in [1.54, 1.807) is 30.7 Å². The van der Waals surface area contributed by atoms with Gasteiger partial charge in [0, 0.05) is 12.4 Å². The maximum Gasteiger partial charge on any atom is 0.323 e. The molecule has 0 unspecified atom stereocenters. The number of aryl methyl sites for hydroxylation is 1. The van der Waals surface area contributed by atoms with E-state index in [0.717, 1.165) is 5.56 Å². The molecular formula is C15H15N3O. The predicted octanol–water partition coefficient (Wildman–Crippen LogP) is 3.18. The number of amides is 2. The number of anilines is 1. The topological polar surface area (TPSA) is 54.0 Å². The fraction of sp³-hybridized carbons (Fsp3) is 0.0667. The van der Waals surface area contributed by atoms with Crippen LogP contribution in [0.1, 0.15) is 11.1 Å². The molecule has 2 aromatic rings. The fourth-order valence-electron chi connectivity index (χ4n) is 1.50. The van der Waals surface area contributed by atoms with Crippen LogP contribution < -0.4 is 10.6 Å². The SMILES string of the molecule is Cc1ccc(/C=C/NC(=O)Nc2cccnc2)cc1. The number of hydrogen-bond acceptors (Lipinski definition) is 2. The zero-order valence-corrected chi connectivity index (χ0v) is 10.6. The van der Waals surface area contributed by atoms with Gasteiger partial charge in [-0.2, -0.15) is 0 Å². The van der Waals surface area contributed by atoms with E-state index in [4.69, 9.17) is 0 Å². The lowest BCUT2D eigenvalue weighted by Gasteiger charge is -2.03. The molecule has 2 rings (SSSR count). The number of carbonyl (C=O) groups excluding carboxylic acids is 1. The molecule has 0 aliphatic carbocycles. The first-order valence-electron chi connectivity index (χ1n) is 5.95. The summed E-state index contributed by atoms with van der Waals surface area (Å²) in [5.74, 6) is 0. The normalized spacial score (nSPS) is 10.4. The van der Waals surface area contributed by atoms with Gasteiger partial charge in [0.1, 0.15) is 0 Å². The minimum Gasteiger partial charge on any atom is -0.314 e. The van der Waals surface area contributed by atoms with Crippen molar-refractivity contribution in [1.82, 2.24) is 10.3 Å². The van der Waals surface area contributed by atoms with Crippen molar-refractivity contribution in [2.75, 3.05) is 5.32 Å². The third kappa shape index (κ3) is 4.27. The van der Waals surface area contributed by atoms with Crippen LogP contribution in [0.15, 0.2) is 55.0 Å². The summed E-state index contributed by atoms with van der Waals surface area (Å²) >= 11 is 0. The number of urea groups is 1. The molecule has 0 saturated heterocycles. The van der Waals surface area contributed by atoms with Crippen LogP contribution in [-0.2, 0) is 0 Å². The summed E-state index contributed by atoms with van der Waals surface area (Å²) in [6, 6.07) is 11.3. The Morgan fingerprint density at radius 3 is 2.68 bits per heavy atom. The number of pyridine rings is 1. The first-order valence-corrected chi connectivity index (χ1v) is 5.95. The molecule has 0 atom stereocenters. The zero-order chi connectivity index (χ0) is 13.5. The van der Waals surface area contributed by atoms with Gasteiger partial charge in [0.2, 0.25) is 0 Å². The number of aromatic nitrogens is 1. The molecule has 2 N–H and O–H groups in total. The van der Waals surface area contributed by atoms with Crippen LogP contribution in [0.4, 0.5) is 10.5 Å². The summed E-state index contributed by atoms with van der Waals surface area (Å²) in [5, 5.41) is 5.31. The summed E-state index contributed by atoms with van der Waals surface area (Å²) in [6.07, 6.45) is 6.68. The minimum atomic E-state index is -0.295. The van der Waals surface area contributed by atoms with Crippen LogP contribution in [0.25, 0.3) is 6.08 Å². The molecule has 96 valence electrons. The Balaban J connectivity index is 1.85. The molecule has 4 heteroatoms. The first-order chi connectivity index (χ1) is 9.24. The summed E-state index contributed by atoms with van der Waals surface area (Å²) in [7, 11) is 0. The molecule has 0 aliphatic heterocycles. The molecule has 0 spiro atoms. The van der Waals surface area contributed by atoms with E-state index in [0.29, 0.717) is 5.69 Å². The average Bonchev–Trinajstić information content (AvgIpc) is 2.42. The largest absolute Gasteiger partial charge is 0.323 e. The monoisotopic (exact) mass is 253 g/mol. The van der Waals surface area contributed by atoms with Crippen molar-refractivity contribution in [1.29, 1.82) is 0 Å². The third-order valence-electron chi connectivity index (χ3n) is 2.49. The Kier molecular flexibility index (Phi) is 4.29. The highest BCUT2D eigenvalue weighted by Gasteiger charge is 1.97. The van der Waals surface area contributed by atoms with Crippen molar-refractivity contribution in [2.24, 2.45) is 0 Å². The van der Waals surface area contributed by atoms with Crippen molar-refractivity contribution in [2.45, 2.75) is 6.92 Å². The van der Waals surface area contributed by atoms with E-state index in [1.165, 1.54) is 5.56 Å². The Morgan fingerprint density at radius 2 is 2.00 bits per heavy atom. The number of benzene rings is 1. The Hall–Kier alpha value is -2.62. The number of nitrogens with zero attached hydrogens (tertiary/aromatic N) is 1. The van der Waals surface area contributed by atoms with Crippen molar-refractivity contribution in [3.63, 3.8) is 0 Å². The van der Waals surface area contributed by atoms with E-state index in [-0.39, 0.29) is 6.03 Å². The molecule has 0 bridgehead atoms. The van der Waals surface area contributed by atoms with Gasteiger partial charge >= 0.3 is 6.03 Å². The van der Waals surface area contributed by atoms with Crippen LogP contribution in [0.2, 0.25) is 0 Å². The molecule has 1 aromatic heterocycles.